The molecule has 1 aromatic carbocycles. The molecule has 0 saturated heterocycles. The first-order valence-electron chi connectivity index (χ1n) is 8.06. The molecule has 2 nitrogen and oxygen atoms in total. The largest absolute Gasteiger partial charge is 0.271 e. The zero-order valence-corrected chi connectivity index (χ0v) is 12.7. The zero-order valence-electron chi connectivity index (χ0n) is 12.7. The lowest BCUT2D eigenvalue weighted by Gasteiger charge is -2.34. The third kappa shape index (κ3) is 4.24. The quantitative estimate of drug-likeness (QED) is 0.600. The van der Waals surface area contributed by atoms with E-state index in [1.54, 1.807) is 0 Å². The van der Waals surface area contributed by atoms with Crippen LogP contribution in [0.3, 0.4) is 0 Å². The summed E-state index contributed by atoms with van der Waals surface area (Å²) in [6.07, 6.45) is 8.32. The van der Waals surface area contributed by atoms with Gasteiger partial charge in [-0.2, -0.15) is 0 Å². The minimum Gasteiger partial charge on any atom is -0.271 e. The summed E-state index contributed by atoms with van der Waals surface area (Å²) in [7, 11) is 0. The molecule has 0 bridgehead atoms. The molecule has 0 spiro atoms. The number of nitrogens with two attached hydrogens (primary N) is 1. The fraction of sp³-hybridized carbons (Fsp3) is 0.647. The van der Waals surface area contributed by atoms with E-state index in [2.05, 4.69) is 12.3 Å². The Labute approximate surface area is 126 Å². The molecule has 118 valence electrons. The molecule has 0 heterocycles. The number of unbranched alkanes of at least 4 members (excludes halogenated alkanes) is 1. The van der Waals surface area contributed by atoms with Gasteiger partial charge in [0, 0.05) is 11.6 Å². The van der Waals surface area contributed by atoms with Crippen LogP contribution >= 0.6 is 0 Å². The maximum atomic E-state index is 14.0. The highest BCUT2D eigenvalue weighted by atomic mass is 19.1. The first-order chi connectivity index (χ1) is 10.2. The van der Waals surface area contributed by atoms with Crippen LogP contribution in [0.4, 0.5) is 8.78 Å². The number of halogens is 2. The van der Waals surface area contributed by atoms with Crippen molar-refractivity contribution in [2.24, 2.45) is 17.7 Å². The average molecular weight is 296 g/mol. The molecule has 1 atom stereocenters. The first-order valence-corrected chi connectivity index (χ1v) is 8.06. The fourth-order valence-electron chi connectivity index (χ4n) is 3.54. The number of hydrogen-bond donors (Lipinski definition) is 2. The fourth-order valence-corrected chi connectivity index (χ4v) is 3.54. The SMILES string of the molecule is CCCCC1CCC(C(NN)c2ccc(F)cc2F)CC1. The van der Waals surface area contributed by atoms with Crippen molar-refractivity contribution in [3.8, 4) is 0 Å². The third-order valence-corrected chi connectivity index (χ3v) is 4.81. The van der Waals surface area contributed by atoms with Crippen molar-refractivity contribution in [3.63, 3.8) is 0 Å². The van der Waals surface area contributed by atoms with Gasteiger partial charge < -0.3 is 0 Å². The van der Waals surface area contributed by atoms with E-state index in [-0.39, 0.29) is 6.04 Å². The van der Waals surface area contributed by atoms with Gasteiger partial charge in [-0.3, -0.25) is 11.3 Å². The molecule has 1 saturated carbocycles. The molecule has 1 aromatic rings. The molecule has 1 aliphatic carbocycles. The second kappa shape index (κ2) is 7.85. The number of hydrogen-bond acceptors (Lipinski definition) is 2. The van der Waals surface area contributed by atoms with E-state index in [0.29, 0.717) is 11.5 Å². The molecule has 2 rings (SSSR count). The summed E-state index contributed by atoms with van der Waals surface area (Å²) in [5.41, 5.74) is 3.23. The summed E-state index contributed by atoms with van der Waals surface area (Å²) in [5, 5.41) is 0. The van der Waals surface area contributed by atoms with Crippen molar-refractivity contribution in [3.05, 3.63) is 35.4 Å². The zero-order chi connectivity index (χ0) is 15.2. The Kier molecular flexibility index (Phi) is 6.12. The Morgan fingerprint density at radius 3 is 2.52 bits per heavy atom. The van der Waals surface area contributed by atoms with Gasteiger partial charge in [0.2, 0.25) is 0 Å². The molecule has 0 amide bonds. The van der Waals surface area contributed by atoms with Crippen LogP contribution in [0.25, 0.3) is 0 Å². The standard InChI is InChI=1S/C17H26F2N2/c1-2-3-4-12-5-7-13(8-6-12)17(21-20)15-10-9-14(18)11-16(15)19/h9-13,17,21H,2-8,20H2,1H3. The van der Waals surface area contributed by atoms with E-state index < -0.39 is 11.6 Å². The lowest BCUT2D eigenvalue weighted by molar-refractivity contribution is 0.211. The Hall–Kier alpha value is -1.00. The maximum absolute atomic E-state index is 14.0. The summed E-state index contributed by atoms with van der Waals surface area (Å²) >= 11 is 0. The van der Waals surface area contributed by atoms with Crippen LogP contribution in [-0.4, -0.2) is 0 Å². The molecule has 3 N–H and O–H groups in total. The van der Waals surface area contributed by atoms with Gasteiger partial charge in [-0.15, -0.1) is 0 Å². The van der Waals surface area contributed by atoms with E-state index in [1.165, 1.54) is 44.2 Å². The number of benzene rings is 1. The van der Waals surface area contributed by atoms with Crippen molar-refractivity contribution in [1.82, 2.24) is 5.43 Å². The molecular formula is C17H26F2N2. The normalized spacial score (nSPS) is 24.0. The van der Waals surface area contributed by atoms with E-state index in [0.717, 1.165) is 24.8 Å². The summed E-state index contributed by atoms with van der Waals surface area (Å²) in [5.74, 6) is 5.72. The molecular weight excluding hydrogens is 270 g/mol. The van der Waals surface area contributed by atoms with Crippen LogP contribution in [0.5, 0.6) is 0 Å². The van der Waals surface area contributed by atoms with E-state index in [1.807, 2.05) is 0 Å². The van der Waals surface area contributed by atoms with Gasteiger partial charge in [-0.25, -0.2) is 8.78 Å². The smallest absolute Gasteiger partial charge is 0.130 e. The van der Waals surface area contributed by atoms with Crippen molar-refractivity contribution < 1.29 is 8.78 Å². The Morgan fingerprint density at radius 2 is 1.95 bits per heavy atom. The highest BCUT2D eigenvalue weighted by Crippen LogP contribution is 2.38. The molecule has 21 heavy (non-hydrogen) atoms. The predicted molar refractivity (Wildman–Crippen MR) is 81.4 cm³/mol. The second-order valence-corrected chi connectivity index (χ2v) is 6.23. The van der Waals surface area contributed by atoms with Crippen molar-refractivity contribution in [2.75, 3.05) is 0 Å². The van der Waals surface area contributed by atoms with E-state index >= 15 is 0 Å². The number of hydrazine groups is 1. The minimum atomic E-state index is -0.546. The topological polar surface area (TPSA) is 38.0 Å². The summed E-state index contributed by atoms with van der Waals surface area (Å²) < 4.78 is 27.0. The molecule has 1 unspecified atom stereocenters. The summed E-state index contributed by atoms with van der Waals surface area (Å²) in [6.45, 7) is 2.22. The van der Waals surface area contributed by atoms with Gasteiger partial charge in [0.15, 0.2) is 0 Å². The van der Waals surface area contributed by atoms with Crippen LogP contribution < -0.4 is 11.3 Å². The molecule has 1 aliphatic rings. The molecule has 0 aromatic heterocycles. The van der Waals surface area contributed by atoms with Gasteiger partial charge in [-0.1, -0.05) is 45.1 Å². The van der Waals surface area contributed by atoms with Crippen molar-refractivity contribution in [2.45, 2.75) is 57.9 Å². The molecule has 0 aliphatic heterocycles. The summed E-state index contributed by atoms with van der Waals surface area (Å²) in [4.78, 5) is 0. The lowest BCUT2D eigenvalue weighted by atomic mass is 9.75. The minimum absolute atomic E-state index is 0.224. The maximum Gasteiger partial charge on any atom is 0.130 e. The monoisotopic (exact) mass is 296 g/mol. The predicted octanol–water partition coefficient (Wildman–Crippen LogP) is 4.47. The Bertz CT molecular complexity index is 442. The van der Waals surface area contributed by atoms with Crippen LogP contribution in [0.1, 0.15) is 63.5 Å². The average Bonchev–Trinajstić information content (AvgIpc) is 2.49. The van der Waals surface area contributed by atoms with Gasteiger partial charge in [0.05, 0.1) is 6.04 Å². The van der Waals surface area contributed by atoms with E-state index in [9.17, 15) is 8.78 Å². The van der Waals surface area contributed by atoms with Gasteiger partial charge in [0.25, 0.3) is 0 Å². The summed E-state index contributed by atoms with van der Waals surface area (Å²) in [6, 6.07) is 3.53. The van der Waals surface area contributed by atoms with Gasteiger partial charge >= 0.3 is 0 Å². The van der Waals surface area contributed by atoms with Gasteiger partial charge in [0.1, 0.15) is 11.6 Å². The van der Waals surface area contributed by atoms with Crippen LogP contribution in [-0.2, 0) is 0 Å². The Morgan fingerprint density at radius 1 is 1.24 bits per heavy atom. The van der Waals surface area contributed by atoms with Crippen LogP contribution in [0.2, 0.25) is 0 Å². The second-order valence-electron chi connectivity index (χ2n) is 6.23. The van der Waals surface area contributed by atoms with Crippen LogP contribution in [0.15, 0.2) is 18.2 Å². The van der Waals surface area contributed by atoms with Gasteiger partial charge in [-0.05, 0) is 30.7 Å². The van der Waals surface area contributed by atoms with E-state index in [4.69, 9.17) is 5.84 Å². The lowest BCUT2D eigenvalue weighted by Crippen LogP contribution is -2.36. The van der Waals surface area contributed by atoms with Crippen LogP contribution in [0, 0.1) is 23.5 Å². The molecule has 4 heteroatoms. The molecule has 0 radical (unpaired) electrons. The highest BCUT2D eigenvalue weighted by Gasteiger charge is 2.29. The Balaban J connectivity index is 1.99. The van der Waals surface area contributed by atoms with Crippen molar-refractivity contribution >= 4 is 0 Å². The van der Waals surface area contributed by atoms with Crippen molar-refractivity contribution in [1.29, 1.82) is 0 Å². The molecule has 1 fully saturated rings. The highest BCUT2D eigenvalue weighted by molar-refractivity contribution is 5.23. The first kappa shape index (κ1) is 16.4. The third-order valence-electron chi connectivity index (χ3n) is 4.81. The number of nitrogens with one attached hydrogen (secondary N) is 1. The number of rotatable bonds is 6.